The highest BCUT2D eigenvalue weighted by Gasteiger charge is 2.32. The molecular formula is C13H19N5O2. The van der Waals surface area contributed by atoms with E-state index in [1.807, 2.05) is 4.90 Å². The fraction of sp³-hybridized carbons (Fsp3) is 0.615. The average molecular weight is 277 g/mol. The number of hydrogen-bond acceptors (Lipinski definition) is 4. The summed E-state index contributed by atoms with van der Waals surface area (Å²) in [4.78, 5) is 32.7. The number of imidazole rings is 1. The molecule has 0 radical (unpaired) electrons. The number of primary amides is 1. The molecule has 0 saturated carbocycles. The lowest BCUT2D eigenvalue weighted by molar-refractivity contribution is -0.137. The van der Waals surface area contributed by atoms with Crippen molar-refractivity contribution in [2.75, 3.05) is 13.1 Å². The Morgan fingerprint density at radius 2 is 2.10 bits per heavy atom. The molecular weight excluding hydrogens is 258 g/mol. The van der Waals surface area contributed by atoms with E-state index in [-0.39, 0.29) is 23.8 Å². The molecule has 1 aromatic rings. The average Bonchev–Trinajstić information content (AvgIpc) is 2.94. The number of nitrogens with one attached hydrogen (secondary N) is 2. The Bertz CT molecular complexity index is 519. The number of likely N-dealkylation sites (tertiary alicyclic amines) is 1. The smallest absolute Gasteiger partial charge is 0.240 e. The summed E-state index contributed by atoms with van der Waals surface area (Å²) >= 11 is 0. The molecule has 2 amide bonds. The fourth-order valence-electron chi connectivity index (χ4n) is 2.95. The van der Waals surface area contributed by atoms with Crippen molar-refractivity contribution in [2.45, 2.75) is 31.8 Å². The second-order valence-corrected chi connectivity index (χ2v) is 5.47. The minimum Gasteiger partial charge on any atom is -0.369 e. The van der Waals surface area contributed by atoms with E-state index in [1.54, 1.807) is 6.33 Å². The summed E-state index contributed by atoms with van der Waals surface area (Å²) in [6.07, 6.45) is 3.62. The van der Waals surface area contributed by atoms with Crippen molar-refractivity contribution in [3.8, 4) is 0 Å². The van der Waals surface area contributed by atoms with E-state index < -0.39 is 0 Å². The van der Waals surface area contributed by atoms with Crippen molar-refractivity contribution in [2.24, 2.45) is 11.7 Å². The van der Waals surface area contributed by atoms with E-state index >= 15 is 0 Å². The lowest BCUT2D eigenvalue weighted by Crippen LogP contribution is -2.52. The van der Waals surface area contributed by atoms with Gasteiger partial charge in [0.1, 0.15) is 0 Å². The molecule has 3 heterocycles. The second-order valence-electron chi connectivity index (χ2n) is 5.47. The van der Waals surface area contributed by atoms with Crippen LogP contribution in [0.2, 0.25) is 0 Å². The third-order valence-corrected chi connectivity index (χ3v) is 4.24. The number of carbonyl (C=O) groups excluding carboxylic acids is 2. The van der Waals surface area contributed by atoms with E-state index in [0.29, 0.717) is 38.9 Å². The predicted molar refractivity (Wildman–Crippen MR) is 71.4 cm³/mol. The molecule has 1 saturated heterocycles. The van der Waals surface area contributed by atoms with Gasteiger partial charge in [0, 0.05) is 32.0 Å². The first-order valence-corrected chi connectivity index (χ1v) is 6.97. The number of rotatable bonds is 2. The number of nitrogens with two attached hydrogens (primary N) is 1. The Balaban J connectivity index is 1.59. The summed E-state index contributed by atoms with van der Waals surface area (Å²) < 4.78 is 0. The van der Waals surface area contributed by atoms with Crippen molar-refractivity contribution in [1.82, 2.24) is 20.2 Å². The summed E-state index contributed by atoms with van der Waals surface area (Å²) in [5, 5.41) is 3.24. The Kier molecular flexibility index (Phi) is 3.43. The molecule has 7 heteroatoms. The lowest BCUT2D eigenvalue weighted by atomic mass is 9.95. The topological polar surface area (TPSA) is 104 Å². The van der Waals surface area contributed by atoms with Crippen molar-refractivity contribution in [3.63, 3.8) is 0 Å². The van der Waals surface area contributed by atoms with Crippen LogP contribution in [-0.4, -0.2) is 45.8 Å². The number of amides is 2. The second kappa shape index (κ2) is 5.24. The summed E-state index contributed by atoms with van der Waals surface area (Å²) in [7, 11) is 0. The van der Waals surface area contributed by atoms with Crippen LogP contribution in [0, 0.1) is 5.92 Å². The van der Waals surface area contributed by atoms with Crippen molar-refractivity contribution < 1.29 is 9.59 Å². The van der Waals surface area contributed by atoms with Gasteiger partial charge >= 0.3 is 0 Å². The standard InChI is InChI=1S/C13H19N5O2/c14-12(19)8-1-3-18(4-2-8)13(20)10-5-9-11(6-15-10)17-7-16-9/h7-8,10,15H,1-6H2,(H2,14,19)(H,16,17). The van der Waals surface area contributed by atoms with E-state index in [4.69, 9.17) is 5.73 Å². The maximum Gasteiger partial charge on any atom is 0.240 e. The lowest BCUT2D eigenvalue weighted by Gasteiger charge is -2.34. The zero-order valence-electron chi connectivity index (χ0n) is 11.3. The van der Waals surface area contributed by atoms with Crippen LogP contribution in [0.25, 0.3) is 0 Å². The maximum absolute atomic E-state index is 12.5. The maximum atomic E-state index is 12.5. The Morgan fingerprint density at radius 3 is 2.80 bits per heavy atom. The van der Waals surface area contributed by atoms with Gasteiger partial charge in [-0.3, -0.25) is 14.9 Å². The molecule has 0 aromatic carbocycles. The van der Waals surface area contributed by atoms with E-state index in [1.165, 1.54) is 0 Å². The minimum absolute atomic E-state index is 0.0868. The van der Waals surface area contributed by atoms with Gasteiger partial charge in [0.2, 0.25) is 11.8 Å². The Hall–Kier alpha value is -1.89. The molecule has 2 aliphatic heterocycles. The van der Waals surface area contributed by atoms with Gasteiger partial charge < -0.3 is 15.6 Å². The van der Waals surface area contributed by atoms with E-state index in [9.17, 15) is 9.59 Å². The molecule has 4 N–H and O–H groups in total. The first-order chi connectivity index (χ1) is 9.65. The van der Waals surface area contributed by atoms with Gasteiger partial charge in [-0.15, -0.1) is 0 Å². The molecule has 0 spiro atoms. The number of fused-ring (bicyclic) bond motifs is 1. The number of carbonyl (C=O) groups is 2. The largest absolute Gasteiger partial charge is 0.369 e. The van der Waals surface area contributed by atoms with Gasteiger partial charge in [0.05, 0.1) is 23.8 Å². The molecule has 1 atom stereocenters. The first-order valence-electron chi connectivity index (χ1n) is 6.97. The fourth-order valence-corrected chi connectivity index (χ4v) is 2.95. The number of piperidine rings is 1. The van der Waals surface area contributed by atoms with Crippen molar-refractivity contribution in [3.05, 3.63) is 17.7 Å². The van der Waals surface area contributed by atoms with Crippen LogP contribution in [-0.2, 0) is 22.6 Å². The van der Waals surface area contributed by atoms with Crippen LogP contribution in [0.1, 0.15) is 24.2 Å². The van der Waals surface area contributed by atoms with E-state index in [2.05, 4.69) is 15.3 Å². The van der Waals surface area contributed by atoms with Gasteiger partial charge in [0.25, 0.3) is 0 Å². The molecule has 7 nitrogen and oxygen atoms in total. The van der Waals surface area contributed by atoms with Gasteiger partial charge in [-0.25, -0.2) is 4.98 Å². The molecule has 20 heavy (non-hydrogen) atoms. The van der Waals surface area contributed by atoms with Gasteiger partial charge in [-0.2, -0.15) is 0 Å². The molecule has 0 bridgehead atoms. The molecule has 1 fully saturated rings. The summed E-state index contributed by atoms with van der Waals surface area (Å²) in [6.45, 7) is 1.86. The molecule has 1 aromatic heterocycles. The number of hydrogen-bond donors (Lipinski definition) is 3. The third-order valence-electron chi connectivity index (χ3n) is 4.24. The Labute approximate surface area is 116 Å². The molecule has 0 aliphatic carbocycles. The number of aromatic nitrogens is 2. The van der Waals surface area contributed by atoms with Crippen molar-refractivity contribution in [1.29, 1.82) is 0 Å². The normalized spacial score (nSPS) is 23.4. The number of aromatic amines is 1. The van der Waals surface area contributed by atoms with Crippen molar-refractivity contribution >= 4 is 11.8 Å². The molecule has 1 unspecified atom stereocenters. The quantitative estimate of drug-likeness (QED) is 0.655. The number of H-pyrrole nitrogens is 1. The molecule has 2 aliphatic rings. The molecule has 108 valence electrons. The van der Waals surface area contributed by atoms with Crippen LogP contribution in [0.3, 0.4) is 0 Å². The van der Waals surface area contributed by atoms with Crippen LogP contribution >= 0.6 is 0 Å². The minimum atomic E-state index is -0.256. The highest BCUT2D eigenvalue weighted by Crippen LogP contribution is 2.19. The zero-order chi connectivity index (χ0) is 14.1. The number of nitrogens with zero attached hydrogens (tertiary/aromatic N) is 2. The monoisotopic (exact) mass is 277 g/mol. The third kappa shape index (κ3) is 2.40. The molecule has 3 rings (SSSR count). The van der Waals surface area contributed by atoms with Gasteiger partial charge in [-0.1, -0.05) is 0 Å². The van der Waals surface area contributed by atoms with Crippen LogP contribution < -0.4 is 11.1 Å². The predicted octanol–water partition coefficient (Wildman–Crippen LogP) is -0.852. The van der Waals surface area contributed by atoms with Crippen LogP contribution in [0.4, 0.5) is 0 Å². The summed E-state index contributed by atoms with van der Waals surface area (Å²) in [6, 6.07) is -0.212. The summed E-state index contributed by atoms with van der Waals surface area (Å²) in [5.41, 5.74) is 7.33. The highest BCUT2D eigenvalue weighted by atomic mass is 16.2. The van der Waals surface area contributed by atoms with Crippen LogP contribution in [0.5, 0.6) is 0 Å². The first kappa shape index (κ1) is 13.1. The Morgan fingerprint density at radius 1 is 1.35 bits per heavy atom. The van der Waals surface area contributed by atoms with Gasteiger partial charge in [-0.05, 0) is 12.8 Å². The van der Waals surface area contributed by atoms with Gasteiger partial charge in [0.15, 0.2) is 0 Å². The summed E-state index contributed by atoms with van der Waals surface area (Å²) in [5.74, 6) is -0.244. The SMILES string of the molecule is NC(=O)C1CCN(C(=O)C2Cc3nc[nH]c3CN2)CC1. The zero-order valence-corrected chi connectivity index (χ0v) is 11.3. The highest BCUT2D eigenvalue weighted by molar-refractivity contribution is 5.83. The van der Waals surface area contributed by atoms with Crippen LogP contribution in [0.15, 0.2) is 6.33 Å². The van der Waals surface area contributed by atoms with E-state index in [0.717, 1.165) is 11.4 Å².